The molecule has 0 radical (unpaired) electrons. The first-order chi connectivity index (χ1) is 6.56. The summed E-state index contributed by atoms with van der Waals surface area (Å²) in [5.74, 6) is 0. The molecule has 0 spiro atoms. The highest BCUT2D eigenvalue weighted by Gasteiger charge is 2.25. The summed E-state index contributed by atoms with van der Waals surface area (Å²) in [5.41, 5.74) is 0. The predicted molar refractivity (Wildman–Crippen MR) is 46.7 cm³/mol. The lowest BCUT2D eigenvalue weighted by Crippen LogP contribution is -2.06. The fraction of sp³-hybridized carbons (Fsp3) is 0.889. The molecule has 0 aromatic heterocycles. The molecule has 0 rings (SSSR count). The van der Waals surface area contributed by atoms with Crippen molar-refractivity contribution >= 4 is 6.08 Å². The zero-order chi connectivity index (χ0) is 10.9. The number of unbranched alkanes of at least 4 members (excludes halogenated alkanes) is 4. The Morgan fingerprint density at radius 1 is 1.00 bits per heavy atom. The summed E-state index contributed by atoms with van der Waals surface area (Å²) in [4.78, 5) is 13.0. The van der Waals surface area contributed by atoms with Crippen molar-refractivity contribution in [3.63, 3.8) is 0 Å². The molecule has 0 amide bonds. The monoisotopic (exact) mass is 209 g/mol. The van der Waals surface area contributed by atoms with Crippen LogP contribution in [-0.2, 0) is 4.79 Å². The van der Waals surface area contributed by atoms with E-state index >= 15 is 0 Å². The van der Waals surface area contributed by atoms with Crippen molar-refractivity contribution in [2.45, 2.75) is 44.7 Å². The summed E-state index contributed by atoms with van der Waals surface area (Å²) in [6.07, 6.45) is -0.181. The topological polar surface area (TPSA) is 29.4 Å². The number of hydrogen-bond donors (Lipinski definition) is 0. The SMILES string of the molecule is O=C=NCCCCCCCC(F)(F)F. The van der Waals surface area contributed by atoms with Gasteiger partial charge in [-0.25, -0.2) is 9.79 Å². The van der Waals surface area contributed by atoms with E-state index in [0.717, 1.165) is 19.3 Å². The Hall–Kier alpha value is -0.830. The second kappa shape index (κ2) is 7.56. The molecule has 0 fully saturated rings. The zero-order valence-corrected chi connectivity index (χ0v) is 7.94. The standard InChI is InChI=1S/C9H14F3NO/c10-9(11,12)6-4-2-1-3-5-7-13-8-14/h1-7H2. The molecule has 0 saturated heterocycles. The van der Waals surface area contributed by atoms with Gasteiger partial charge in [0, 0.05) is 6.42 Å². The van der Waals surface area contributed by atoms with E-state index in [2.05, 4.69) is 4.99 Å². The summed E-state index contributed by atoms with van der Waals surface area (Å²) >= 11 is 0. The van der Waals surface area contributed by atoms with Gasteiger partial charge in [-0.15, -0.1) is 0 Å². The Kier molecular flexibility index (Phi) is 7.11. The third-order valence-corrected chi connectivity index (χ3v) is 1.79. The van der Waals surface area contributed by atoms with Gasteiger partial charge in [-0.3, -0.25) is 0 Å². The van der Waals surface area contributed by atoms with E-state index in [1.165, 1.54) is 6.08 Å². The summed E-state index contributed by atoms with van der Waals surface area (Å²) in [6, 6.07) is 0. The number of aliphatic imine (C=N–C) groups is 1. The van der Waals surface area contributed by atoms with Crippen molar-refractivity contribution in [1.29, 1.82) is 0 Å². The van der Waals surface area contributed by atoms with E-state index in [9.17, 15) is 18.0 Å². The molecule has 0 aliphatic heterocycles. The maximum atomic E-state index is 11.7. The highest BCUT2D eigenvalue weighted by atomic mass is 19.4. The third-order valence-electron chi connectivity index (χ3n) is 1.79. The molecular weight excluding hydrogens is 195 g/mol. The molecule has 0 aliphatic rings. The summed E-state index contributed by atoms with van der Waals surface area (Å²) in [6.45, 7) is 0.433. The van der Waals surface area contributed by atoms with Crippen molar-refractivity contribution < 1.29 is 18.0 Å². The largest absolute Gasteiger partial charge is 0.389 e. The van der Waals surface area contributed by atoms with Gasteiger partial charge >= 0.3 is 6.18 Å². The maximum absolute atomic E-state index is 11.7. The van der Waals surface area contributed by atoms with Crippen LogP contribution < -0.4 is 0 Å². The molecule has 0 unspecified atom stereocenters. The smallest absolute Gasteiger partial charge is 0.211 e. The third kappa shape index (κ3) is 11.2. The van der Waals surface area contributed by atoms with Crippen LogP contribution in [-0.4, -0.2) is 18.8 Å². The molecular formula is C9H14F3NO. The molecule has 0 atom stereocenters. The number of hydrogen-bond acceptors (Lipinski definition) is 2. The van der Waals surface area contributed by atoms with Crippen LogP contribution in [0.15, 0.2) is 4.99 Å². The molecule has 0 N–H and O–H groups in total. The van der Waals surface area contributed by atoms with Crippen LogP contribution in [0.2, 0.25) is 0 Å². The van der Waals surface area contributed by atoms with Gasteiger partial charge in [-0.2, -0.15) is 13.2 Å². The quantitative estimate of drug-likeness (QED) is 0.359. The van der Waals surface area contributed by atoms with Crippen LogP contribution in [0.3, 0.4) is 0 Å². The normalized spacial score (nSPS) is 11.1. The average Bonchev–Trinajstić information content (AvgIpc) is 2.08. The first-order valence-corrected chi connectivity index (χ1v) is 4.66. The molecule has 14 heavy (non-hydrogen) atoms. The van der Waals surface area contributed by atoms with Crippen LogP contribution in [0.5, 0.6) is 0 Å². The molecule has 0 saturated carbocycles. The fourth-order valence-corrected chi connectivity index (χ4v) is 1.09. The van der Waals surface area contributed by atoms with Gasteiger partial charge in [0.05, 0.1) is 6.54 Å². The summed E-state index contributed by atoms with van der Waals surface area (Å²) < 4.78 is 35.0. The van der Waals surface area contributed by atoms with Crippen LogP contribution in [0.25, 0.3) is 0 Å². The van der Waals surface area contributed by atoms with Crippen LogP contribution in [0.4, 0.5) is 13.2 Å². The first kappa shape index (κ1) is 13.2. The lowest BCUT2D eigenvalue weighted by atomic mass is 10.1. The molecule has 2 nitrogen and oxygen atoms in total. The van der Waals surface area contributed by atoms with E-state index in [1.807, 2.05) is 0 Å². The van der Waals surface area contributed by atoms with E-state index in [1.54, 1.807) is 0 Å². The van der Waals surface area contributed by atoms with Gasteiger partial charge in [-0.1, -0.05) is 19.3 Å². The van der Waals surface area contributed by atoms with Crippen molar-refractivity contribution in [3.8, 4) is 0 Å². The number of isocyanates is 1. The van der Waals surface area contributed by atoms with Crippen molar-refractivity contribution in [1.82, 2.24) is 0 Å². The Labute approximate surface area is 81.2 Å². The maximum Gasteiger partial charge on any atom is 0.389 e. The van der Waals surface area contributed by atoms with Gasteiger partial charge in [-0.05, 0) is 12.8 Å². The Morgan fingerprint density at radius 3 is 2.14 bits per heavy atom. The Bertz CT molecular complexity index is 185. The van der Waals surface area contributed by atoms with Crippen LogP contribution in [0.1, 0.15) is 38.5 Å². The number of halogens is 3. The molecule has 0 aliphatic carbocycles. The molecule has 0 heterocycles. The molecule has 0 aromatic rings. The lowest BCUT2D eigenvalue weighted by molar-refractivity contribution is -0.135. The van der Waals surface area contributed by atoms with E-state index < -0.39 is 12.6 Å². The Morgan fingerprint density at radius 2 is 1.57 bits per heavy atom. The minimum atomic E-state index is -4.03. The second-order valence-electron chi connectivity index (χ2n) is 3.11. The highest BCUT2D eigenvalue weighted by Crippen LogP contribution is 2.22. The van der Waals surface area contributed by atoms with Gasteiger partial charge in [0.2, 0.25) is 6.08 Å². The van der Waals surface area contributed by atoms with E-state index in [-0.39, 0.29) is 6.42 Å². The summed E-state index contributed by atoms with van der Waals surface area (Å²) in [5, 5.41) is 0. The van der Waals surface area contributed by atoms with Crippen molar-refractivity contribution in [2.75, 3.05) is 6.54 Å². The number of alkyl halides is 3. The van der Waals surface area contributed by atoms with Crippen molar-refractivity contribution in [2.24, 2.45) is 4.99 Å². The fourth-order valence-electron chi connectivity index (χ4n) is 1.09. The zero-order valence-electron chi connectivity index (χ0n) is 7.94. The van der Waals surface area contributed by atoms with Gasteiger partial charge in [0.15, 0.2) is 0 Å². The number of carbonyl (C=O) groups excluding carboxylic acids is 1. The first-order valence-electron chi connectivity index (χ1n) is 4.66. The second-order valence-corrected chi connectivity index (χ2v) is 3.11. The van der Waals surface area contributed by atoms with Crippen molar-refractivity contribution in [3.05, 3.63) is 0 Å². The van der Waals surface area contributed by atoms with Crippen LogP contribution >= 0.6 is 0 Å². The van der Waals surface area contributed by atoms with Gasteiger partial charge < -0.3 is 0 Å². The van der Waals surface area contributed by atoms with Gasteiger partial charge in [0.1, 0.15) is 0 Å². The highest BCUT2D eigenvalue weighted by molar-refractivity contribution is 5.32. The average molecular weight is 209 g/mol. The molecule has 0 aromatic carbocycles. The molecule has 0 bridgehead atoms. The summed E-state index contributed by atoms with van der Waals surface area (Å²) in [7, 11) is 0. The van der Waals surface area contributed by atoms with E-state index in [4.69, 9.17) is 0 Å². The molecule has 82 valence electrons. The van der Waals surface area contributed by atoms with Crippen LogP contribution in [0, 0.1) is 0 Å². The van der Waals surface area contributed by atoms with Gasteiger partial charge in [0.25, 0.3) is 0 Å². The van der Waals surface area contributed by atoms with E-state index in [0.29, 0.717) is 13.0 Å². The minimum Gasteiger partial charge on any atom is -0.211 e. The molecule has 5 heteroatoms. The number of nitrogens with zero attached hydrogens (tertiary/aromatic N) is 1. The number of rotatable bonds is 7. The lowest BCUT2D eigenvalue weighted by Gasteiger charge is -2.04. The minimum absolute atomic E-state index is 0.195. The Balaban J connectivity index is 3.10. The predicted octanol–water partition coefficient (Wildman–Crippen LogP) is 3.23.